The van der Waals surface area contributed by atoms with Crippen LogP contribution in [0.5, 0.6) is 5.75 Å². The summed E-state index contributed by atoms with van der Waals surface area (Å²) in [4.78, 5) is 0. The molecule has 1 aliphatic heterocycles. The van der Waals surface area contributed by atoms with Gasteiger partial charge >= 0.3 is 6.29 Å². The van der Waals surface area contributed by atoms with Crippen LogP contribution >= 0.6 is 0 Å². The van der Waals surface area contributed by atoms with Crippen LogP contribution in [-0.4, -0.2) is 12.8 Å². The van der Waals surface area contributed by atoms with Crippen LogP contribution < -0.4 is 10.1 Å². The molecule has 1 aromatic rings. The molecule has 2 rings (SSSR count). The fourth-order valence-corrected chi connectivity index (χ4v) is 1.38. The number of anilines is 1. The molecule has 15 heavy (non-hydrogen) atoms. The number of benzene rings is 1. The second-order valence-corrected chi connectivity index (χ2v) is 3.05. The van der Waals surface area contributed by atoms with Crippen LogP contribution in [0.2, 0.25) is 0 Å². The molecule has 0 fully saturated rings. The van der Waals surface area contributed by atoms with E-state index in [4.69, 9.17) is 0 Å². The van der Waals surface area contributed by atoms with Crippen molar-refractivity contribution in [3.8, 4) is 5.75 Å². The van der Waals surface area contributed by atoms with Crippen molar-refractivity contribution >= 4 is 5.69 Å². The summed E-state index contributed by atoms with van der Waals surface area (Å²) in [6.45, 7) is 3.62. The Bertz CT molecular complexity index is 368. The number of alkyl halides is 2. The fraction of sp³-hybridized carbons (Fsp3) is 0.300. The van der Waals surface area contributed by atoms with Gasteiger partial charge < -0.3 is 10.1 Å². The highest BCUT2D eigenvalue weighted by atomic mass is 19.3. The third kappa shape index (κ3) is 2.02. The number of rotatable bonds is 2. The smallest absolute Gasteiger partial charge is 0.409 e. The maximum absolute atomic E-state index is 12.7. The Morgan fingerprint density at radius 3 is 2.93 bits per heavy atom. The van der Waals surface area contributed by atoms with Gasteiger partial charge in [-0.15, -0.1) is 8.78 Å². The van der Waals surface area contributed by atoms with Crippen molar-refractivity contribution in [3.63, 3.8) is 0 Å². The summed E-state index contributed by atoms with van der Waals surface area (Å²) in [5.41, 5.74) is 1.22. The van der Waals surface area contributed by atoms with E-state index in [2.05, 4.69) is 14.8 Å². The molecule has 0 saturated heterocycles. The first-order chi connectivity index (χ1) is 7.12. The highest BCUT2D eigenvalue weighted by Crippen LogP contribution is 2.37. The molecule has 81 valence electrons. The third-order valence-corrected chi connectivity index (χ3v) is 1.98. The summed E-state index contributed by atoms with van der Waals surface area (Å²) in [5.74, 6) is 0.115. The standard InChI is InChI=1S/C10H10F2NO2/c1-2-13-8-4-3-5-9-7(8)6-14-10(11,12)15-9/h3-6,13H,2H2,1H3. The van der Waals surface area contributed by atoms with E-state index in [-0.39, 0.29) is 5.75 Å². The van der Waals surface area contributed by atoms with Gasteiger partial charge in [0, 0.05) is 17.8 Å². The molecular weight excluding hydrogens is 204 g/mol. The average molecular weight is 214 g/mol. The number of nitrogens with one attached hydrogen (secondary N) is 1. The van der Waals surface area contributed by atoms with E-state index in [1.54, 1.807) is 12.1 Å². The lowest BCUT2D eigenvalue weighted by Gasteiger charge is -2.25. The van der Waals surface area contributed by atoms with Gasteiger partial charge in [-0.25, -0.2) is 0 Å². The molecule has 0 bridgehead atoms. The molecule has 0 aromatic heterocycles. The quantitative estimate of drug-likeness (QED) is 0.820. The molecule has 0 aliphatic carbocycles. The maximum atomic E-state index is 12.7. The molecule has 0 unspecified atom stereocenters. The minimum Gasteiger partial charge on any atom is -0.409 e. The van der Waals surface area contributed by atoms with Crippen molar-refractivity contribution in [1.29, 1.82) is 0 Å². The van der Waals surface area contributed by atoms with E-state index in [0.29, 0.717) is 17.8 Å². The minimum absolute atomic E-state index is 0.115. The van der Waals surface area contributed by atoms with Crippen molar-refractivity contribution in [2.24, 2.45) is 0 Å². The predicted octanol–water partition coefficient (Wildman–Crippen LogP) is 2.59. The lowest BCUT2D eigenvalue weighted by Crippen LogP contribution is -2.31. The van der Waals surface area contributed by atoms with Crippen LogP contribution in [0, 0.1) is 6.61 Å². The van der Waals surface area contributed by atoms with Gasteiger partial charge in [-0.3, -0.25) is 4.74 Å². The molecule has 1 aliphatic rings. The zero-order chi connectivity index (χ0) is 10.9. The van der Waals surface area contributed by atoms with Crippen LogP contribution in [-0.2, 0) is 4.74 Å². The second kappa shape index (κ2) is 3.66. The van der Waals surface area contributed by atoms with Crippen LogP contribution in [0.3, 0.4) is 0 Å². The van der Waals surface area contributed by atoms with Crippen LogP contribution in [0.1, 0.15) is 12.5 Å². The monoisotopic (exact) mass is 214 g/mol. The van der Waals surface area contributed by atoms with Crippen molar-refractivity contribution in [1.82, 2.24) is 0 Å². The van der Waals surface area contributed by atoms with Crippen molar-refractivity contribution < 1.29 is 18.3 Å². The molecule has 0 saturated carbocycles. The maximum Gasteiger partial charge on any atom is 0.535 e. The molecule has 0 spiro atoms. The number of hydrogen-bond acceptors (Lipinski definition) is 3. The second-order valence-electron chi connectivity index (χ2n) is 3.05. The molecule has 3 nitrogen and oxygen atoms in total. The summed E-state index contributed by atoms with van der Waals surface area (Å²) < 4.78 is 33.9. The fourth-order valence-electron chi connectivity index (χ4n) is 1.38. The Morgan fingerprint density at radius 1 is 1.40 bits per heavy atom. The Morgan fingerprint density at radius 2 is 2.20 bits per heavy atom. The lowest BCUT2D eigenvalue weighted by atomic mass is 10.1. The van der Waals surface area contributed by atoms with Gasteiger partial charge in [0.1, 0.15) is 12.4 Å². The van der Waals surface area contributed by atoms with Gasteiger partial charge in [0.25, 0.3) is 0 Å². The zero-order valence-corrected chi connectivity index (χ0v) is 8.09. The number of fused-ring (bicyclic) bond motifs is 1. The van der Waals surface area contributed by atoms with E-state index in [1.165, 1.54) is 6.07 Å². The normalized spacial score (nSPS) is 17.8. The lowest BCUT2D eigenvalue weighted by molar-refractivity contribution is -0.344. The number of hydrogen-bond donors (Lipinski definition) is 1. The summed E-state index contributed by atoms with van der Waals surface area (Å²) in [6, 6.07) is 4.89. The van der Waals surface area contributed by atoms with Gasteiger partial charge in [-0.05, 0) is 19.1 Å². The molecule has 0 amide bonds. The Kier molecular flexibility index (Phi) is 2.48. The van der Waals surface area contributed by atoms with Crippen molar-refractivity contribution in [2.45, 2.75) is 13.2 Å². The van der Waals surface area contributed by atoms with Gasteiger partial charge in [-0.2, -0.15) is 0 Å². The first kappa shape index (κ1) is 10.2. The van der Waals surface area contributed by atoms with Crippen LogP contribution in [0.25, 0.3) is 0 Å². The van der Waals surface area contributed by atoms with Gasteiger partial charge in [-0.1, -0.05) is 6.07 Å². The summed E-state index contributed by atoms with van der Waals surface area (Å²) >= 11 is 0. The van der Waals surface area contributed by atoms with Crippen LogP contribution in [0.15, 0.2) is 18.2 Å². The predicted molar refractivity (Wildman–Crippen MR) is 50.7 cm³/mol. The SMILES string of the molecule is CCNc1cccc2c1[CH]OC(F)(F)O2. The first-order valence-corrected chi connectivity index (χ1v) is 4.57. The molecule has 0 atom stereocenters. The largest absolute Gasteiger partial charge is 0.535 e. The minimum atomic E-state index is -3.57. The molecule has 1 radical (unpaired) electrons. The highest BCUT2D eigenvalue weighted by molar-refractivity contribution is 5.60. The van der Waals surface area contributed by atoms with E-state index in [1.807, 2.05) is 6.92 Å². The average Bonchev–Trinajstić information content (AvgIpc) is 2.16. The van der Waals surface area contributed by atoms with Gasteiger partial charge in [0.2, 0.25) is 0 Å². The van der Waals surface area contributed by atoms with E-state index >= 15 is 0 Å². The molecule has 1 heterocycles. The third-order valence-electron chi connectivity index (χ3n) is 1.98. The first-order valence-electron chi connectivity index (χ1n) is 4.57. The summed E-state index contributed by atoms with van der Waals surface area (Å²) in [7, 11) is 0. The Balaban J connectivity index is 2.33. The van der Waals surface area contributed by atoms with Crippen LogP contribution in [0.4, 0.5) is 14.5 Å². The highest BCUT2D eigenvalue weighted by Gasteiger charge is 2.39. The van der Waals surface area contributed by atoms with E-state index < -0.39 is 6.29 Å². The Labute approximate surface area is 86.0 Å². The van der Waals surface area contributed by atoms with Crippen molar-refractivity contribution in [3.05, 3.63) is 30.4 Å². The molecule has 1 aromatic carbocycles. The molecular formula is C10H10F2NO2. The van der Waals surface area contributed by atoms with Gasteiger partial charge in [0.05, 0.1) is 0 Å². The van der Waals surface area contributed by atoms with Gasteiger partial charge in [0.15, 0.2) is 0 Å². The number of ether oxygens (including phenoxy) is 2. The number of halogens is 2. The molecule has 1 N–H and O–H groups in total. The topological polar surface area (TPSA) is 30.5 Å². The molecule has 5 heteroatoms. The van der Waals surface area contributed by atoms with E-state index in [0.717, 1.165) is 6.61 Å². The van der Waals surface area contributed by atoms with E-state index in [9.17, 15) is 8.78 Å². The zero-order valence-electron chi connectivity index (χ0n) is 8.09. The Hall–Kier alpha value is -1.36. The summed E-state index contributed by atoms with van der Waals surface area (Å²) in [5, 5.41) is 3.03. The summed E-state index contributed by atoms with van der Waals surface area (Å²) in [6.07, 6.45) is -3.57. The van der Waals surface area contributed by atoms with Crippen molar-refractivity contribution in [2.75, 3.05) is 11.9 Å².